The van der Waals surface area contributed by atoms with Gasteiger partial charge in [-0.15, -0.1) is 10.1 Å². The van der Waals surface area contributed by atoms with E-state index in [0.717, 1.165) is 69.5 Å². The van der Waals surface area contributed by atoms with Gasteiger partial charge in [-0.25, -0.2) is 28.8 Å². The van der Waals surface area contributed by atoms with Crippen LogP contribution >= 0.6 is 11.8 Å². The zero-order valence-corrected chi connectivity index (χ0v) is 82.7. The number of carboxylic acid groups (broad SMARTS) is 4. The lowest BCUT2D eigenvalue weighted by Crippen LogP contribution is -2.52. The van der Waals surface area contributed by atoms with Crippen LogP contribution in [0.1, 0.15) is 217 Å². The summed E-state index contributed by atoms with van der Waals surface area (Å²) in [4.78, 5) is 334. The normalized spacial score (nSPS) is 19.4. The zero-order valence-electron chi connectivity index (χ0n) is 81.9. The van der Waals surface area contributed by atoms with Gasteiger partial charge < -0.3 is 91.9 Å². The van der Waals surface area contributed by atoms with E-state index in [1.807, 2.05) is 50.5 Å². The van der Waals surface area contributed by atoms with Gasteiger partial charge in [0.15, 0.2) is 35.3 Å². The number of thioether (sulfide) groups is 1. The van der Waals surface area contributed by atoms with Crippen molar-refractivity contribution in [2.24, 2.45) is 21.8 Å². The van der Waals surface area contributed by atoms with E-state index < -0.39 is 243 Å². The highest BCUT2D eigenvalue weighted by molar-refractivity contribution is 8.00. The summed E-state index contributed by atoms with van der Waals surface area (Å²) in [6.07, 6.45) is 5.06. The number of carbonyl (C=O) groups excluding carboxylic acids is 21. The highest BCUT2D eigenvalue weighted by atomic mass is 32.2. The van der Waals surface area contributed by atoms with Crippen LogP contribution in [0.25, 0.3) is 0 Å². The fourth-order valence-corrected chi connectivity index (χ4v) is 18.1. The lowest BCUT2D eigenvalue weighted by atomic mass is 9.93. The number of hydrogen-bond donors (Lipinski definition) is 12. The highest BCUT2D eigenvalue weighted by Crippen LogP contribution is 2.35. The number of aryl methyl sites for hydroxylation is 2. The largest absolute Gasteiger partial charge is 0.481 e. The fourth-order valence-electron chi connectivity index (χ4n) is 16.6. The smallest absolute Gasteiger partial charge is 0.339 e. The average molecular weight is 2110 g/mol. The predicted molar refractivity (Wildman–Crippen MR) is 525 cm³/mol. The molecule has 50 heteroatoms. The third-order valence-corrected chi connectivity index (χ3v) is 25.7. The van der Waals surface area contributed by atoms with Crippen molar-refractivity contribution in [2.45, 2.75) is 249 Å². The van der Waals surface area contributed by atoms with Crippen LogP contribution in [0.2, 0.25) is 0 Å². The predicted octanol–water partition coefficient (Wildman–Crippen LogP) is 2.33. The number of nitrogens with one attached hydrogen (secondary N) is 8. The third kappa shape index (κ3) is 36.9. The van der Waals surface area contributed by atoms with Gasteiger partial charge in [0.2, 0.25) is 47.3 Å². The Kier molecular flexibility index (Phi) is 45.7. The average Bonchev–Trinajstić information content (AvgIpc) is 1.66. The minimum absolute atomic E-state index is 0. The molecule has 2 aliphatic carbocycles. The molecule has 12 unspecified atom stereocenters. The van der Waals surface area contributed by atoms with Gasteiger partial charge >= 0.3 is 53.8 Å². The van der Waals surface area contributed by atoms with Crippen LogP contribution < -0.4 is 42.5 Å². The maximum atomic E-state index is 13.6. The Morgan fingerprint density at radius 2 is 0.927 bits per heavy atom. The highest BCUT2D eigenvalue weighted by Gasteiger charge is 2.46. The number of hydrogen-bond acceptors (Lipinski definition) is 34. The molecule has 2 aromatic heterocycles. The van der Waals surface area contributed by atoms with Crippen molar-refractivity contribution >= 4 is 172 Å². The maximum absolute atomic E-state index is 13.6. The SMILES string of the molecule is C.C=C1CCC(=O)C1OC(=O)c1ccc(C=NCc2ccc(C)cn2)cc1.C=C1CCC(=O)C1OC(=O)c1ccc(C=NCc2ccc(C)cn2)cc1.CC(=O)NC(CC(=O)O)C(=O)N1CCCC1C(=O)CC(CC(=O)ON1C(=O)CCC1=O)C(=O)NCC(=O)NC(CNC(=O)CCCCC1SCC2NC(=O)NC21)C(=O)O.CC(=O)NC(CC(=O)O)C(=O)N1CCCC1C(=O)CC(CC(=O)ON1C(=O)CCC1=O)C(=O)NCC(=O)O. The van der Waals surface area contributed by atoms with Crippen molar-refractivity contribution in [1.29, 1.82) is 0 Å². The summed E-state index contributed by atoms with van der Waals surface area (Å²) in [6, 6.07) is 14.8. The number of imide groups is 2. The van der Waals surface area contributed by atoms with E-state index in [2.05, 4.69) is 75.6 Å². The Balaban J connectivity index is 0.000000258. The molecular weight excluding hydrogens is 1990 g/mol. The van der Waals surface area contributed by atoms with Crippen LogP contribution in [0.4, 0.5) is 4.79 Å². The van der Waals surface area contributed by atoms with Gasteiger partial charge in [0, 0.05) is 127 Å². The molecule has 4 aromatic rings. The number of carboxylic acids is 4. The first-order valence-electron chi connectivity index (χ1n) is 47.7. The van der Waals surface area contributed by atoms with Crippen LogP contribution in [0.3, 0.4) is 0 Å². The van der Waals surface area contributed by atoms with E-state index in [9.17, 15) is 130 Å². The Bertz CT molecular complexity index is 5610. The van der Waals surface area contributed by atoms with E-state index in [1.54, 1.807) is 72.7 Å². The van der Waals surface area contributed by atoms with Gasteiger partial charge in [-0.2, -0.15) is 11.8 Å². The Morgan fingerprint density at radius 3 is 1.31 bits per heavy atom. The van der Waals surface area contributed by atoms with Gasteiger partial charge in [0.1, 0.15) is 24.7 Å². The molecule has 0 bridgehead atoms. The van der Waals surface area contributed by atoms with E-state index in [-0.39, 0.29) is 111 Å². The molecule has 12 rings (SSSR count). The van der Waals surface area contributed by atoms with Gasteiger partial charge in [-0.1, -0.05) is 63.4 Å². The Labute approximate surface area is 863 Å². The number of urea groups is 1. The number of nitrogens with zero attached hydrogens (tertiary/aromatic N) is 8. The number of esters is 2. The number of unbranched alkanes of at least 4 members (excludes halogenated alkanes) is 1. The minimum Gasteiger partial charge on any atom is -0.481 e. The summed E-state index contributed by atoms with van der Waals surface area (Å²) < 4.78 is 10.6. The zero-order chi connectivity index (χ0) is 109. The lowest BCUT2D eigenvalue weighted by molar-refractivity contribution is -0.198. The Morgan fingerprint density at radius 1 is 0.500 bits per heavy atom. The summed E-state index contributed by atoms with van der Waals surface area (Å²) in [5.74, 6) is -22.7. The quantitative estimate of drug-likeness (QED) is 0.00754. The van der Waals surface area contributed by atoms with E-state index in [4.69, 9.17) is 29.4 Å². The maximum Gasteiger partial charge on any atom is 0.339 e. The number of carbonyl (C=O) groups is 25. The van der Waals surface area contributed by atoms with Crippen molar-refractivity contribution < 1.29 is 159 Å². The number of ketones is 4. The van der Waals surface area contributed by atoms with Crippen molar-refractivity contribution in [1.82, 2.24) is 72.4 Å². The number of amides is 14. The molecule has 8 aliphatic rings. The van der Waals surface area contributed by atoms with Crippen molar-refractivity contribution in [2.75, 3.05) is 38.5 Å². The fraction of sp³-hybridized carbons (Fsp3) is 0.470. The molecular formula is C100H120N16O33S. The number of ether oxygens (including phenoxy) is 2. The van der Waals surface area contributed by atoms with E-state index >= 15 is 0 Å². The van der Waals surface area contributed by atoms with Gasteiger partial charge in [0.25, 0.3) is 23.6 Å². The summed E-state index contributed by atoms with van der Waals surface area (Å²) in [7, 11) is 0. The number of hydroxylamine groups is 4. The summed E-state index contributed by atoms with van der Waals surface area (Å²) in [6.45, 7) is 12.6. The van der Waals surface area contributed by atoms with Crippen LogP contribution in [-0.4, -0.2) is 309 Å². The summed E-state index contributed by atoms with van der Waals surface area (Å²) >= 11 is 1.74. The number of benzene rings is 2. The number of pyridine rings is 2. The molecule has 14 amide bonds. The number of aliphatic carboxylic acids is 4. The molecule has 2 saturated carbocycles. The minimum atomic E-state index is -1.61. The van der Waals surface area contributed by atoms with Crippen LogP contribution in [-0.2, 0) is 138 Å². The third-order valence-electron chi connectivity index (χ3n) is 24.2. The number of Topliss-reactive ketones (excluding diaryl/α,β-unsaturated/α-hetero) is 4. The molecule has 6 aliphatic heterocycles. The molecule has 0 radical (unpaired) electrons. The number of aromatic nitrogens is 2. The monoisotopic (exact) mass is 2100 g/mol. The van der Waals surface area contributed by atoms with Crippen molar-refractivity contribution in [3.63, 3.8) is 0 Å². The molecule has 150 heavy (non-hydrogen) atoms. The molecule has 0 spiro atoms. The topological polar surface area (TPSA) is 704 Å². The lowest BCUT2D eigenvalue weighted by Gasteiger charge is -2.28. The first-order chi connectivity index (χ1) is 70.8. The second kappa shape index (κ2) is 57.7. The molecule has 12 atom stereocenters. The molecule has 804 valence electrons. The first kappa shape index (κ1) is 119. The summed E-state index contributed by atoms with van der Waals surface area (Å²) in [5.41, 5.74) is 7.89. The number of fused-ring (bicyclic) bond motifs is 1. The number of rotatable bonds is 45. The standard InChI is InChI=1S/C35H48N8O15S.C22H28N4O12.2C21H20N2O3.CH4/c1-17(44)38-19(13-29(50)51)33(54)42-10-4-5-22(42)23(45)11-18(12-30(52)58-43-27(48)8-9-28(43)49)32(53)37-15-26(47)39-20(34(55)56)14-36-25(46)7-3-2-6-24-31-21(16-59-24)40-35(57)41-31;1-11(27)24-13(9-18(31)32)22(37)25-6-2-3-14(25)15(28)7-12(21(36)23-10-19(33)34)8-20(35)38-26-16(29)4-5-17(26)30;2*1-14-3-9-18(23-11-14)13-22-12-16-5-7-17(8-6-16)21(25)26-20-15(2)4-10-19(20)24;/h18-22,24,31H,2-16H2,1H3,(H,36,46)(H,37,53)(H,38,44)(H,39,47)(H,50,51)(H,55,56)(H2,40,41,57);12-14H,2-10H2,1H3,(H,23,36)(H,24,27)(H,31,32)(H,33,34);2*3,5-9,11-12,20H,2,4,10,13H2,1H3;1H4. The molecule has 8 heterocycles. The van der Waals surface area contributed by atoms with Crippen LogP contribution in [0.5, 0.6) is 0 Å². The number of aliphatic imine (C=N–C) groups is 2. The molecule has 12 N–H and O–H groups in total. The molecule has 8 fully saturated rings. The number of likely N-dealkylation sites (tertiary alicyclic amines) is 2. The summed E-state index contributed by atoms with van der Waals surface area (Å²) in [5, 5.41) is 56.7. The second-order valence-corrected chi connectivity index (χ2v) is 37.2. The van der Waals surface area contributed by atoms with Crippen molar-refractivity contribution in [3.8, 4) is 0 Å². The Hall–Kier alpha value is -16.3. The van der Waals surface area contributed by atoms with E-state index in [0.29, 0.717) is 86.7 Å². The van der Waals surface area contributed by atoms with Gasteiger partial charge in [-0.05, 0) is 135 Å². The van der Waals surface area contributed by atoms with Crippen LogP contribution in [0.15, 0.2) is 119 Å². The second-order valence-electron chi connectivity index (χ2n) is 35.9. The van der Waals surface area contributed by atoms with Crippen molar-refractivity contribution in [3.05, 3.63) is 154 Å². The van der Waals surface area contributed by atoms with Crippen LogP contribution in [0, 0.1) is 25.7 Å². The first-order valence-corrected chi connectivity index (χ1v) is 48.7. The molecule has 2 aromatic carbocycles. The van der Waals surface area contributed by atoms with Gasteiger partial charge in [0.05, 0.1) is 104 Å². The molecule has 49 nitrogen and oxygen atoms in total. The van der Waals surface area contributed by atoms with Gasteiger partial charge in [-0.3, -0.25) is 111 Å². The van der Waals surface area contributed by atoms with E-state index in [1.165, 1.54) is 0 Å². The molecule has 6 saturated heterocycles.